The van der Waals surface area contributed by atoms with E-state index in [-0.39, 0.29) is 17.1 Å². The van der Waals surface area contributed by atoms with Gasteiger partial charge in [0.25, 0.3) is 0 Å². The molecule has 2 amide bonds. The highest BCUT2D eigenvalue weighted by Crippen LogP contribution is 2.55. The number of nitrogens with zero attached hydrogens (tertiary/aromatic N) is 1. The van der Waals surface area contributed by atoms with Gasteiger partial charge in [-0.2, -0.15) is 0 Å². The van der Waals surface area contributed by atoms with E-state index in [0.29, 0.717) is 11.3 Å². The first-order valence-electron chi connectivity index (χ1n) is 11.7. The molecule has 3 N–H and O–H groups in total. The van der Waals surface area contributed by atoms with Crippen molar-refractivity contribution in [2.24, 2.45) is 11.8 Å². The average Bonchev–Trinajstić information content (AvgIpc) is 3.39. The number of hydrogen-bond acceptors (Lipinski definition) is 6. The predicted molar refractivity (Wildman–Crippen MR) is 132 cm³/mol. The summed E-state index contributed by atoms with van der Waals surface area (Å²) in [5.74, 6) is -4.74. The fourth-order valence-electron chi connectivity index (χ4n) is 5.55. The van der Waals surface area contributed by atoms with Gasteiger partial charge in [0.15, 0.2) is 17.0 Å². The molecule has 3 aromatic carbocycles. The molecule has 8 nitrogen and oxygen atoms in total. The molecule has 4 unspecified atom stereocenters. The van der Waals surface area contributed by atoms with Crippen molar-refractivity contribution in [3.05, 3.63) is 89.5 Å². The lowest BCUT2D eigenvalue weighted by Crippen LogP contribution is -2.53. The molecule has 2 heterocycles. The Kier molecular flexibility index (Phi) is 5.76. The summed E-state index contributed by atoms with van der Waals surface area (Å²) < 4.78 is 5.24. The van der Waals surface area contributed by atoms with Crippen LogP contribution < -0.4 is 15.0 Å². The Morgan fingerprint density at radius 1 is 1.00 bits per heavy atom. The van der Waals surface area contributed by atoms with Crippen molar-refractivity contribution in [3.8, 4) is 11.5 Å². The minimum atomic E-state index is -1.89. The molecule has 3 aromatic rings. The van der Waals surface area contributed by atoms with Crippen molar-refractivity contribution in [2.75, 3.05) is 12.0 Å². The fraction of sp³-hybridized carbons (Fsp3) is 0.250. The lowest BCUT2D eigenvalue weighted by atomic mass is 9.75. The van der Waals surface area contributed by atoms with Gasteiger partial charge in [-0.25, -0.2) is 9.69 Å². The largest absolute Gasteiger partial charge is 0.504 e. The van der Waals surface area contributed by atoms with Crippen molar-refractivity contribution >= 4 is 23.5 Å². The highest BCUT2D eigenvalue weighted by molar-refractivity contribution is 6.24. The van der Waals surface area contributed by atoms with E-state index in [1.807, 2.05) is 19.1 Å². The summed E-state index contributed by atoms with van der Waals surface area (Å²) in [5.41, 5.74) is 0.173. The van der Waals surface area contributed by atoms with Gasteiger partial charge in [-0.3, -0.25) is 14.9 Å². The van der Waals surface area contributed by atoms with Crippen LogP contribution in [0.1, 0.15) is 29.7 Å². The first-order valence-corrected chi connectivity index (χ1v) is 11.7. The van der Waals surface area contributed by atoms with E-state index in [1.54, 1.807) is 60.7 Å². The van der Waals surface area contributed by atoms with Gasteiger partial charge >= 0.3 is 5.97 Å². The summed E-state index contributed by atoms with van der Waals surface area (Å²) >= 11 is 0. The Labute approximate surface area is 208 Å². The summed E-state index contributed by atoms with van der Waals surface area (Å²) in [4.78, 5) is 41.9. The summed E-state index contributed by atoms with van der Waals surface area (Å²) in [6, 6.07) is 19.3. The number of nitrogens with one attached hydrogen (secondary N) is 1. The van der Waals surface area contributed by atoms with Gasteiger partial charge in [0.2, 0.25) is 11.8 Å². The van der Waals surface area contributed by atoms with Crippen LogP contribution in [-0.4, -0.2) is 35.1 Å². The van der Waals surface area contributed by atoms with Crippen LogP contribution in [0.25, 0.3) is 0 Å². The van der Waals surface area contributed by atoms with E-state index in [4.69, 9.17) is 4.74 Å². The molecule has 2 aliphatic rings. The SMILES string of the molecule is CCc1ccc(N2C(=O)C3C(c4cccc(OC)c4O)NC(C(=O)O)(c4ccccc4)C3C2=O)cc1. The van der Waals surface area contributed by atoms with Crippen LogP contribution in [-0.2, 0) is 26.3 Å². The number of fused-ring (bicyclic) bond motifs is 1. The van der Waals surface area contributed by atoms with Gasteiger partial charge in [0.05, 0.1) is 24.6 Å². The molecule has 4 atom stereocenters. The van der Waals surface area contributed by atoms with Crippen molar-refractivity contribution in [1.29, 1.82) is 0 Å². The third-order valence-corrected chi connectivity index (χ3v) is 7.31. The van der Waals surface area contributed by atoms with E-state index in [1.165, 1.54) is 7.11 Å². The van der Waals surface area contributed by atoms with Crippen LogP contribution in [0.5, 0.6) is 11.5 Å². The van der Waals surface area contributed by atoms with Crippen molar-refractivity contribution in [3.63, 3.8) is 0 Å². The number of carboxylic acids is 1. The molecule has 2 fully saturated rings. The minimum Gasteiger partial charge on any atom is -0.504 e. The maximum absolute atomic E-state index is 13.9. The number of para-hydroxylation sites is 1. The Bertz CT molecular complexity index is 1340. The standard InChI is InChI=1S/C28H26N2O6/c1-3-16-12-14-18(15-13-16)30-25(32)21-22(26(30)33)28(27(34)35,17-8-5-4-6-9-17)29-23(21)19-10-7-11-20(36-2)24(19)31/h4-15,21-23,29,31H,3H2,1-2H3,(H,34,35). The minimum absolute atomic E-state index is 0.183. The number of imide groups is 1. The molecule has 8 heteroatoms. The molecule has 0 saturated carbocycles. The zero-order valence-corrected chi connectivity index (χ0v) is 19.8. The second-order valence-electron chi connectivity index (χ2n) is 9.03. The van der Waals surface area contributed by atoms with Crippen LogP contribution >= 0.6 is 0 Å². The summed E-state index contributed by atoms with van der Waals surface area (Å²) in [7, 11) is 1.40. The van der Waals surface area contributed by atoms with E-state index < -0.39 is 41.2 Å². The predicted octanol–water partition coefficient (Wildman–Crippen LogP) is 3.39. The van der Waals surface area contributed by atoms with E-state index in [9.17, 15) is 24.6 Å². The number of carbonyl (C=O) groups is 3. The van der Waals surface area contributed by atoms with Gasteiger partial charge in [-0.1, -0.05) is 61.5 Å². The highest BCUT2D eigenvalue weighted by atomic mass is 16.5. The number of hydrogen-bond donors (Lipinski definition) is 3. The van der Waals surface area contributed by atoms with E-state index in [0.717, 1.165) is 16.9 Å². The van der Waals surface area contributed by atoms with E-state index >= 15 is 0 Å². The van der Waals surface area contributed by atoms with Crippen LogP contribution in [0.15, 0.2) is 72.8 Å². The zero-order chi connectivity index (χ0) is 25.6. The summed E-state index contributed by atoms with van der Waals surface area (Å²) in [6.07, 6.45) is 0.796. The van der Waals surface area contributed by atoms with Crippen molar-refractivity contribution in [2.45, 2.75) is 24.9 Å². The highest BCUT2D eigenvalue weighted by Gasteiger charge is 2.69. The fourth-order valence-corrected chi connectivity index (χ4v) is 5.55. The van der Waals surface area contributed by atoms with Gasteiger partial charge in [-0.15, -0.1) is 0 Å². The number of phenols is 1. The molecular weight excluding hydrogens is 460 g/mol. The topological polar surface area (TPSA) is 116 Å². The molecule has 36 heavy (non-hydrogen) atoms. The molecule has 184 valence electrons. The molecule has 0 bridgehead atoms. The van der Waals surface area contributed by atoms with Gasteiger partial charge in [0.1, 0.15) is 0 Å². The number of phenolic OH excluding ortho intramolecular Hbond substituents is 1. The van der Waals surface area contributed by atoms with E-state index in [2.05, 4.69) is 5.32 Å². The van der Waals surface area contributed by atoms with Crippen LogP contribution in [0, 0.1) is 11.8 Å². The lowest BCUT2D eigenvalue weighted by molar-refractivity contribution is -0.149. The number of carboxylic acid groups (broad SMARTS) is 1. The third kappa shape index (κ3) is 3.29. The van der Waals surface area contributed by atoms with Crippen molar-refractivity contribution in [1.82, 2.24) is 5.32 Å². The first-order chi connectivity index (χ1) is 17.3. The third-order valence-electron chi connectivity index (χ3n) is 7.31. The number of benzene rings is 3. The number of carbonyl (C=O) groups excluding carboxylic acids is 2. The second kappa shape index (κ2) is 8.80. The van der Waals surface area contributed by atoms with Gasteiger partial charge in [-0.05, 0) is 35.7 Å². The number of ether oxygens (including phenoxy) is 1. The Morgan fingerprint density at radius 2 is 1.69 bits per heavy atom. The van der Waals surface area contributed by atoms with Crippen LogP contribution in [0.2, 0.25) is 0 Å². The first kappa shape index (κ1) is 23.6. The molecule has 2 aliphatic heterocycles. The molecule has 0 radical (unpaired) electrons. The molecule has 0 aromatic heterocycles. The molecule has 0 aliphatic carbocycles. The van der Waals surface area contributed by atoms with Crippen LogP contribution in [0.3, 0.4) is 0 Å². The Balaban J connectivity index is 1.72. The smallest absolute Gasteiger partial charge is 0.329 e. The number of amides is 2. The number of rotatable bonds is 6. The van der Waals surface area contributed by atoms with Gasteiger partial charge < -0.3 is 14.9 Å². The normalized spacial score (nSPS) is 25.2. The Hall–Kier alpha value is -4.17. The summed E-state index contributed by atoms with van der Waals surface area (Å²) in [5, 5.41) is 24.6. The molecule has 5 rings (SSSR count). The lowest BCUT2D eigenvalue weighted by Gasteiger charge is -2.31. The van der Waals surface area contributed by atoms with Crippen molar-refractivity contribution < 1.29 is 29.3 Å². The maximum Gasteiger partial charge on any atom is 0.329 e. The number of anilines is 1. The maximum atomic E-state index is 13.9. The number of aliphatic carboxylic acids is 1. The zero-order valence-electron chi connectivity index (χ0n) is 19.8. The average molecular weight is 487 g/mol. The van der Waals surface area contributed by atoms with Gasteiger partial charge in [0, 0.05) is 11.6 Å². The van der Waals surface area contributed by atoms with Crippen LogP contribution in [0.4, 0.5) is 5.69 Å². The molecule has 2 saturated heterocycles. The number of methoxy groups -OCH3 is 1. The Morgan fingerprint density at radius 3 is 2.31 bits per heavy atom. The second-order valence-corrected chi connectivity index (χ2v) is 9.03. The number of aromatic hydroxyl groups is 1. The quantitative estimate of drug-likeness (QED) is 0.458. The monoisotopic (exact) mass is 486 g/mol. The molecular formula is C28H26N2O6. The summed E-state index contributed by atoms with van der Waals surface area (Å²) in [6.45, 7) is 2.00. The molecule has 0 spiro atoms. The number of aryl methyl sites for hydroxylation is 1.